The van der Waals surface area contributed by atoms with E-state index in [4.69, 9.17) is 16.6 Å². The number of nitrogens with zero attached hydrogens (tertiary/aromatic N) is 3. The SMILES string of the molecule is O=C1CCCN1Cc1nn(C[NH+]2CCc3ccccc3C2)c(=S)o1. The Labute approximate surface area is 145 Å². The minimum atomic E-state index is 0.170. The van der Waals surface area contributed by atoms with Gasteiger partial charge in [-0.1, -0.05) is 24.3 Å². The third-order valence-corrected chi connectivity index (χ3v) is 5.12. The van der Waals surface area contributed by atoms with Gasteiger partial charge in [0.15, 0.2) is 6.67 Å². The number of fused-ring (bicyclic) bond motifs is 1. The molecule has 6 nitrogen and oxygen atoms in total. The lowest BCUT2D eigenvalue weighted by Gasteiger charge is -2.25. The van der Waals surface area contributed by atoms with Crippen LogP contribution in [-0.2, 0) is 31.0 Å². The maximum Gasteiger partial charge on any atom is 0.291 e. The molecule has 0 aliphatic carbocycles. The second-order valence-electron chi connectivity index (χ2n) is 6.53. The minimum Gasteiger partial charge on any atom is -0.412 e. The van der Waals surface area contributed by atoms with Gasteiger partial charge in [0.2, 0.25) is 11.8 Å². The lowest BCUT2D eigenvalue weighted by atomic mass is 10.0. The predicted octanol–water partition coefficient (Wildman–Crippen LogP) is 0.927. The molecule has 1 unspecified atom stereocenters. The lowest BCUT2D eigenvalue weighted by molar-refractivity contribution is -0.939. The summed E-state index contributed by atoms with van der Waals surface area (Å²) in [4.78, 5) is 15.3. The number of quaternary nitrogens is 1. The topological polar surface area (TPSA) is 55.7 Å². The van der Waals surface area contributed by atoms with E-state index in [0.29, 0.717) is 30.4 Å². The third kappa shape index (κ3) is 3.14. The third-order valence-electron chi connectivity index (χ3n) is 4.83. The standard InChI is InChI=1S/C17H20N4O2S/c22-16-6-3-8-20(16)11-15-18-21(17(24)23-15)12-19-9-7-13-4-1-2-5-14(13)10-19/h1-2,4-5H,3,6-12H2/p+1. The van der Waals surface area contributed by atoms with E-state index < -0.39 is 0 Å². The number of rotatable bonds is 4. The summed E-state index contributed by atoms with van der Waals surface area (Å²) in [6.45, 7) is 3.94. The highest BCUT2D eigenvalue weighted by Gasteiger charge is 2.24. The quantitative estimate of drug-likeness (QED) is 0.838. The second kappa shape index (κ2) is 6.49. The van der Waals surface area contributed by atoms with E-state index in [2.05, 4.69) is 29.4 Å². The number of carbonyl (C=O) groups excluding carboxylic acids is 1. The first-order valence-corrected chi connectivity index (χ1v) is 8.85. The molecule has 7 heteroatoms. The maximum absolute atomic E-state index is 11.7. The van der Waals surface area contributed by atoms with E-state index in [1.165, 1.54) is 16.0 Å². The van der Waals surface area contributed by atoms with Crippen LogP contribution in [0.5, 0.6) is 0 Å². The zero-order valence-corrected chi connectivity index (χ0v) is 14.3. The van der Waals surface area contributed by atoms with Gasteiger partial charge in [-0.2, -0.15) is 4.68 Å². The lowest BCUT2D eigenvalue weighted by Crippen LogP contribution is -3.11. The minimum absolute atomic E-state index is 0.170. The summed E-state index contributed by atoms with van der Waals surface area (Å²) in [6.07, 6.45) is 2.61. The Bertz CT molecular complexity index is 813. The van der Waals surface area contributed by atoms with Gasteiger partial charge in [-0.3, -0.25) is 4.79 Å². The molecule has 4 rings (SSSR count). The van der Waals surface area contributed by atoms with Crippen LogP contribution >= 0.6 is 12.2 Å². The fraction of sp³-hybridized carbons (Fsp3) is 0.471. The molecule has 24 heavy (non-hydrogen) atoms. The fourth-order valence-corrected chi connectivity index (χ4v) is 3.74. The zero-order valence-electron chi connectivity index (χ0n) is 13.5. The Hall–Kier alpha value is -1.99. The number of benzene rings is 1. The smallest absolute Gasteiger partial charge is 0.291 e. The van der Waals surface area contributed by atoms with Gasteiger partial charge in [-0.05, 0) is 24.2 Å². The molecule has 1 saturated heterocycles. The molecule has 1 aromatic carbocycles. The molecule has 2 aliphatic heterocycles. The molecule has 1 atom stereocenters. The van der Waals surface area contributed by atoms with Crippen molar-refractivity contribution in [2.75, 3.05) is 13.1 Å². The number of amides is 1. The number of likely N-dealkylation sites (tertiary alicyclic amines) is 1. The Morgan fingerprint density at radius 3 is 2.88 bits per heavy atom. The molecule has 0 spiro atoms. The molecule has 3 heterocycles. The summed E-state index contributed by atoms with van der Waals surface area (Å²) in [5, 5.41) is 4.49. The fourth-order valence-electron chi connectivity index (χ4n) is 3.54. The van der Waals surface area contributed by atoms with Crippen molar-refractivity contribution in [1.29, 1.82) is 0 Å². The molecule has 2 aliphatic rings. The van der Waals surface area contributed by atoms with Crippen LogP contribution < -0.4 is 4.90 Å². The number of aromatic nitrogens is 2. The highest BCUT2D eigenvalue weighted by molar-refractivity contribution is 7.71. The molecule has 1 amide bonds. The van der Waals surface area contributed by atoms with Crippen LogP contribution in [-0.4, -0.2) is 33.7 Å². The maximum atomic E-state index is 11.7. The Morgan fingerprint density at radius 1 is 1.25 bits per heavy atom. The van der Waals surface area contributed by atoms with Gasteiger partial charge in [0.05, 0.1) is 13.1 Å². The molecule has 1 N–H and O–H groups in total. The number of carbonyl (C=O) groups is 1. The van der Waals surface area contributed by atoms with Crippen molar-refractivity contribution in [2.45, 2.75) is 39.0 Å². The molecule has 1 aromatic heterocycles. The average molecular weight is 345 g/mol. The van der Waals surface area contributed by atoms with Gasteiger partial charge in [-0.25, -0.2) is 0 Å². The van der Waals surface area contributed by atoms with Gasteiger partial charge in [0.1, 0.15) is 6.54 Å². The van der Waals surface area contributed by atoms with Crippen molar-refractivity contribution < 1.29 is 14.1 Å². The van der Waals surface area contributed by atoms with Crippen LogP contribution in [0.4, 0.5) is 0 Å². The van der Waals surface area contributed by atoms with Crippen molar-refractivity contribution in [3.63, 3.8) is 0 Å². The van der Waals surface area contributed by atoms with Gasteiger partial charge in [0.25, 0.3) is 4.84 Å². The van der Waals surface area contributed by atoms with Crippen LogP contribution in [0.1, 0.15) is 29.9 Å². The van der Waals surface area contributed by atoms with Gasteiger partial charge in [-0.15, -0.1) is 5.10 Å². The summed E-state index contributed by atoms with van der Waals surface area (Å²) in [5.41, 5.74) is 2.84. The number of hydrogen-bond donors (Lipinski definition) is 1. The van der Waals surface area contributed by atoms with Crippen molar-refractivity contribution >= 4 is 18.1 Å². The summed E-state index contributed by atoms with van der Waals surface area (Å²) in [5.74, 6) is 0.705. The van der Waals surface area contributed by atoms with Crippen molar-refractivity contribution in [3.8, 4) is 0 Å². The summed E-state index contributed by atoms with van der Waals surface area (Å²) < 4.78 is 7.35. The number of nitrogens with one attached hydrogen (secondary N) is 1. The van der Waals surface area contributed by atoms with E-state index in [0.717, 1.165) is 32.5 Å². The van der Waals surface area contributed by atoms with E-state index in [9.17, 15) is 4.79 Å². The van der Waals surface area contributed by atoms with Crippen LogP contribution in [0.25, 0.3) is 0 Å². The Kier molecular flexibility index (Phi) is 4.20. The van der Waals surface area contributed by atoms with E-state index in [-0.39, 0.29) is 5.91 Å². The van der Waals surface area contributed by atoms with E-state index in [1.54, 1.807) is 9.58 Å². The zero-order chi connectivity index (χ0) is 16.5. The van der Waals surface area contributed by atoms with E-state index >= 15 is 0 Å². The molecule has 0 saturated carbocycles. The van der Waals surface area contributed by atoms with Gasteiger partial charge >= 0.3 is 0 Å². The van der Waals surface area contributed by atoms with Crippen molar-refractivity contribution in [3.05, 3.63) is 46.1 Å². The molecule has 126 valence electrons. The first-order valence-electron chi connectivity index (χ1n) is 8.44. The van der Waals surface area contributed by atoms with Crippen LogP contribution in [0.2, 0.25) is 0 Å². The van der Waals surface area contributed by atoms with Crippen molar-refractivity contribution in [1.82, 2.24) is 14.7 Å². The average Bonchev–Trinajstić information content (AvgIpc) is 3.14. The van der Waals surface area contributed by atoms with Gasteiger partial charge < -0.3 is 14.2 Å². The highest BCUT2D eigenvalue weighted by atomic mass is 32.1. The first-order chi connectivity index (χ1) is 11.7. The van der Waals surface area contributed by atoms with Crippen LogP contribution in [0, 0.1) is 4.84 Å². The van der Waals surface area contributed by atoms with Crippen LogP contribution in [0.3, 0.4) is 0 Å². The monoisotopic (exact) mass is 345 g/mol. The second-order valence-corrected chi connectivity index (χ2v) is 6.88. The normalized spacial score (nSPS) is 20.4. The Morgan fingerprint density at radius 2 is 2.08 bits per heavy atom. The largest absolute Gasteiger partial charge is 0.412 e. The molecule has 1 fully saturated rings. The van der Waals surface area contributed by atoms with Crippen LogP contribution in [0.15, 0.2) is 28.7 Å². The molecule has 0 radical (unpaired) electrons. The highest BCUT2D eigenvalue weighted by Crippen LogP contribution is 2.14. The molecular weight excluding hydrogens is 324 g/mol. The van der Waals surface area contributed by atoms with Crippen molar-refractivity contribution in [2.24, 2.45) is 0 Å². The van der Waals surface area contributed by atoms with Gasteiger partial charge in [0, 0.05) is 24.9 Å². The molecule has 2 aromatic rings. The number of hydrogen-bond acceptors (Lipinski definition) is 4. The molecule has 0 bridgehead atoms. The molecular formula is C17H21N4O2S+. The first kappa shape index (κ1) is 15.5. The summed E-state index contributed by atoms with van der Waals surface area (Å²) in [7, 11) is 0. The van der Waals surface area contributed by atoms with E-state index in [1.807, 2.05) is 0 Å². The Balaban J connectivity index is 1.44. The predicted molar refractivity (Wildman–Crippen MR) is 89.7 cm³/mol. The summed E-state index contributed by atoms with van der Waals surface area (Å²) in [6, 6.07) is 8.60. The summed E-state index contributed by atoms with van der Waals surface area (Å²) >= 11 is 5.31.